The summed E-state index contributed by atoms with van der Waals surface area (Å²) in [4.78, 5) is 39.3. The molecule has 1 aromatic heterocycles. The number of hydrogen-bond donors (Lipinski definition) is 2. The molecule has 0 radical (unpaired) electrons. The largest absolute Gasteiger partial charge is 0.459 e. The van der Waals surface area contributed by atoms with Crippen LogP contribution in [0.3, 0.4) is 0 Å². The smallest absolute Gasteiger partial charge is 0.291 e. The van der Waals surface area contributed by atoms with Crippen LogP contribution in [0.1, 0.15) is 34.3 Å². The third-order valence-corrected chi connectivity index (χ3v) is 4.99. The molecule has 0 atom stereocenters. The maximum absolute atomic E-state index is 13.1. The molecule has 7 nitrogen and oxygen atoms in total. The van der Waals surface area contributed by atoms with Gasteiger partial charge in [0, 0.05) is 22.8 Å². The van der Waals surface area contributed by atoms with E-state index in [1.807, 2.05) is 6.92 Å². The first-order valence-electron chi connectivity index (χ1n) is 9.86. The van der Waals surface area contributed by atoms with Gasteiger partial charge in [0.15, 0.2) is 5.76 Å². The molecule has 3 aromatic rings. The highest BCUT2D eigenvalue weighted by Crippen LogP contribution is 2.25. The summed E-state index contributed by atoms with van der Waals surface area (Å²) in [6, 6.07) is 14.4. The number of hydrogen-bond acceptors (Lipinski definition) is 4. The van der Waals surface area contributed by atoms with Crippen LogP contribution < -0.4 is 10.6 Å². The summed E-state index contributed by atoms with van der Waals surface area (Å²) in [6.45, 7) is 2.11. The number of benzene rings is 2. The Hall–Kier alpha value is -3.29. The average Bonchev–Trinajstić information content (AvgIpc) is 3.31. The number of anilines is 2. The molecule has 2 N–H and O–H groups in total. The predicted octanol–water partition coefficient (Wildman–Crippen LogP) is 5.33. The molecular weight excluding hydrogens is 453 g/mol. The second-order valence-electron chi connectivity index (χ2n) is 6.91. The number of carbonyl (C=O) groups is 3. The summed E-state index contributed by atoms with van der Waals surface area (Å²) < 4.78 is 5.07. The topological polar surface area (TPSA) is 91.7 Å². The summed E-state index contributed by atoms with van der Waals surface area (Å²) in [6.07, 6.45) is 2.06. The number of carbonyl (C=O) groups excluding carboxylic acids is 3. The first-order chi connectivity index (χ1) is 15.4. The molecule has 0 saturated heterocycles. The van der Waals surface area contributed by atoms with E-state index in [1.165, 1.54) is 17.2 Å². The Morgan fingerprint density at radius 1 is 1.00 bits per heavy atom. The number of amides is 3. The van der Waals surface area contributed by atoms with Crippen LogP contribution in [0.25, 0.3) is 0 Å². The molecule has 1 heterocycles. The van der Waals surface area contributed by atoms with Crippen molar-refractivity contribution in [3.05, 3.63) is 82.2 Å². The van der Waals surface area contributed by atoms with Gasteiger partial charge in [-0.15, -0.1) is 0 Å². The van der Waals surface area contributed by atoms with Crippen molar-refractivity contribution in [2.75, 3.05) is 23.7 Å². The summed E-state index contributed by atoms with van der Waals surface area (Å²) in [5.74, 6) is -1.01. The van der Waals surface area contributed by atoms with Crippen LogP contribution in [0.2, 0.25) is 10.0 Å². The van der Waals surface area contributed by atoms with Gasteiger partial charge < -0.3 is 20.0 Å². The van der Waals surface area contributed by atoms with Gasteiger partial charge in [0.05, 0.1) is 17.0 Å². The van der Waals surface area contributed by atoms with Crippen molar-refractivity contribution in [1.29, 1.82) is 0 Å². The van der Waals surface area contributed by atoms with Crippen LogP contribution >= 0.6 is 23.2 Å². The Labute approximate surface area is 195 Å². The Morgan fingerprint density at radius 2 is 1.81 bits per heavy atom. The maximum atomic E-state index is 13.1. The van der Waals surface area contributed by atoms with Gasteiger partial charge >= 0.3 is 0 Å². The first kappa shape index (κ1) is 23.4. The summed E-state index contributed by atoms with van der Waals surface area (Å²) in [7, 11) is 0. The van der Waals surface area contributed by atoms with Crippen molar-refractivity contribution in [2.45, 2.75) is 13.3 Å². The van der Waals surface area contributed by atoms with Gasteiger partial charge in [-0.25, -0.2) is 0 Å². The summed E-state index contributed by atoms with van der Waals surface area (Å²) in [5, 5.41) is 6.14. The van der Waals surface area contributed by atoms with Crippen molar-refractivity contribution >= 4 is 52.3 Å². The van der Waals surface area contributed by atoms with Gasteiger partial charge in [0.1, 0.15) is 6.54 Å². The van der Waals surface area contributed by atoms with Crippen LogP contribution in [0.4, 0.5) is 11.4 Å². The number of nitrogens with zero attached hydrogens (tertiary/aromatic N) is 1. The number of halogens is 2. The van der Waals surface area contributed by atoms with Crippen molar-refractivity contribution in [1.82, 2.24) is 4.90 Å². The second kappa shape index (κ2) is 10.8. The molecule has 166 valence electrons. The van der Waals surface area contributed by atoms with Crippen LogP contribution in [-0.2, 0) is 4.79 Å². The predicted molar refractivity (Wildman–Crippen MR) is 124 cm³/mol. The van der Waals surface area contributed by atoms with E-state index in [1.54, 1.807) is 48.5 Å². The lowest BCUT2D eigenvalue weighted by Gasteiger charge is -2.22. The average molecular weight is 474 g/mol. The highest BCUT2D eigenvalue weighted by molar-refractivity contribution is 6.35. The normalized spacial score (nSPS) is 10.5. The lowest BCUT2D eigenvalue weighted by Crippen LogP contribution is -2.38. The first-order valence-corrected chi connectivity index (χ1v) is 10.6. The molecule has 0 fully saturated rings. The molecule has 0 aliphatic heterocycles. The van der Waals surface area contributed by atoms with Crippen LogP contribution in [0.5, 0.6) is 0 Å². The third-order valence-electron chi connectivity index (χ3n) is 4.43. The molecule has 0 aliphatic carbocycles. The Bertz CT molecular complexity index is 1120. The van der Waals surface area contributed by atoms with E-state index >= 15 is 0 Å². The zero-order valence-corrected chi connectivity index (χ0v) is 18.7. The van der Waals surface area contributed by atoms with Gasteiger partial charge in [-0.3, -0.25) is 14.4 Å². The van der Waals surface area contributed by atoms with Gasteiger partial charge in [-0.1, -0.05) is 36.2 Å². The molecule has 0 unspecified atom stereocenters. The van der Waals surface area contributed by atoms with E-state index in [2.05, 4.69) is 10.6 Å². The molecule has 9 heteroatoms. The molecule has 0 spiro atoms. The zero-order valence-electron chi connectivity index (χ0n) is 17.2. The van der Waals surface area contributed by atoms with E-state index in [-0.39, 0.29) is 18.2 Å². The maximum Gasteiger partial charge on any atom is 0.291 e. The van der Waals surface area contributed by atoms with Crippen molar-refractivity contribution in [3.63, 3.8) is 0 Å². The summed E-state index contributed by atoms with van der Waals surface area (Å²) in [5.41, 5.74) is 1.14. The van der Waals surface area contributed by atoms with Crippen LogP contribution in [0, 0.1) is 0 Å². The molecule has 32 heavy (non-hydrogen) atoms. The molecule has 0 bridgehead atoms. The lowest BCUT2D eigenvalue weighted by molar-refractivity contribution is -0.116. The van der Waals surface area contributed by atoms with Crippen molar-refractivity contribution in [2.24, 2.45) is 0 Å². The lowest BCUT2D eigenvalue weighted by atomic mass is 10.1. The van der Waals surface area contributed by atoms with Crippen molar-refractivity contribution < 1.29 is 18.8 Å². The van der Waals surface area contributed by atoms with Gasteiger partial charge in [0.2, 0.25) is 5.91 Å². The minimum absolute atomic E-state index is 0.158. The van der Waals surface area contributed by atoms with Gasteiger partial charge in [-0.2, -0.15) is 0 Å². The minimum atomic E-state index is -0.428. The Morgan fingerprint density at radius 3 is 2.53 bits per heavy atom. The van der Waals surface area contributed by atoms with Crippen molar-refractivity contribution in [3.8, 4) is 0 Å². The quantitative estimate of drug-likeness (QED) is 0.462. The van der Waals surface area contributed by atoms with Gasteiger partial charge in [0.25, 0.3) is 11.8 Å². The minimum Gasteiger partial charge on any atom is -0.459 e. The molecular formula is C23H21Cl2N3O4. The highest BCUT2D eigenvalue weighted by atomic mass is 35.5. The fourth-order valence-corrected chi connectivity index (χ4v) is 3.33. The Balaban J connectivity index is 1.70. The van der Waals surface area contributed by atoms with Crippen LogP contribution in [-0.4, -0.2) is 35.7 Å². The van der Waals surface area contributed by atoms with E-state index in [9.17, 15) is 14.4 Å². The molecule has 2 aromatic carbocycles. The molecule has 0 aliphatic rings. The zero-order chi connectivity index (χ0) is 23.1. The van der Waals surface area contributed by atoms with E-state index in [4.69, 9.17) is 27.6 Å². The van der Waals surface area contributed by atoms with Crippen LogP contribution in [0.15, 0.2) is 65.3 Å². The van der Waals surface area contributed by atoms with E-state index < -0.39 is 11.8 Å². The summed E-state index contributed by atoms with van der Waals surface area (Å²) >= 11 is 12.1. The highest BCUT2D eigenvalue weighted by Gasteiger charge is 2.20. The fourth-order valence-electron chi connectivity index (χ4n) is 2.99. The standard InChI is InChI=1S/C23H21Cl2N3O4/c1-2-10-28(14-21(29)27-19-13-16(24)8-9-18(19)25)23(31)15-5-3-6-17(12-15)26-22(30)20-7-4-11-32-20/h3-9,11-13H,2,10,14H2,1H3,(H,26,30)(H,27,29). The SMILES string of the molecule is CCCN(CC(=O)Nc1cc(Cl)ccc1Cl)C(=O)c1cccc(NC(=O)c2ccco2)c1. The monoisotopic (exact) mass is 473 g/mol. The number of rotatable bonds is 8. The fraction of sp³-hybridized carbons (Fsp3) is 0.174. The molecule has 3 amide bonds. The van der Waals surface area contributed by atoms with E-state index in [0.29, 0.717) is 39.9 Å². The Kier molecular flexibility index (Phi) is 7.92. The van der Waals surface area contributed by atoms with Gasteiger partial charge in [-0.05, 0) is 55.0 Å². The molecule has 3 rings (SSSR count). The van der Waals surface area contributed by atoms with E-state index in [0.717, 1.165) is 0 Å². The third kappa shape index (κ3) is 6.12. The second-order valence-corrected chi connectivity index (χ2v) is 7.75. The molecule has 0 saturated carbocycles. The number of nitrogens with one attached hydrogen (secondary N) is 2. The number of furan rings is 1.